The summed E-state index contributed by atoms with van der Waals surface area (Å²) in [6.45, 7) is 8.28. The SMILES string of the molecule is CC(C)(C)NCCCCOc1ccc(Cl)cc1Br. The van der Waals surface area contributed by atoms with E-state index in [1.54, 1.807) is 0 Å². The zero-order valence-corrected chi connectivity index (χ0v) is 13.6. The van der Waals surface area contributed by atoms with Crippen LogP contribution in [0.2, 0.25) is 5.02 Å². The summed E-state index contributed by atoms with van der Waals surface area (Å²) in [5.74, 6) is 0.850. The smallest absolute Gasteiger partial charge is 0.133 e. The Bertz CT molecular complexity index is 377. The van der Waals surface area contributed by atoms with Gasteiger partial charge in [-0.05, 0) is 74.3 Å². The lowest BCUT2D eigenvalue weighted by Gasteiger charge is -2.20. The standard InChI is InChI=1S/C14H21BrClNO/c1-14(2,3)17-8-4-5-9-18-13-7-6-11(16)10-12(13)15/h6-7,10,17H,4-5,8-9H2,1-3H3. The van der Waals surface area contributed by atoms with Crippen LogP contribution in [0.15, 0.2) is 22.7 Å². The molecule has 18 heavy (non-hydrogen) atoms. The summed E-state index contributed by atoms with van der Waals surface area (Å²) < 4.78 is 6.60. The maximum Gasteiger partial charge on any atom is 0.133 e. The number of nitrogens with one attached hydrogen (secondary N) is 1. The van der Waals surface area contributed by atoms with Crippen LogP contribution in [-0.2, 0) is 0 Å². The van der Waals surface area contributed by atoms with Crippen molar-refractivity contribution < 1.29 is 4.74 Å². The second-order valence-electron chi connectivity index (χ2n) is 5.31. The minimum Gasteiger partial charge on any atom is -0.492 e. The molecule has 0 bridgehead atoms. The third-order valence-electron chi connectivity index (χ3n) is 2.38. The molecule has 2 nitrogen and oxygen atoms in total. The minimum atomic E-state index is 0.195. The predicted molar refractivity (Wildman–Crippen MR) is 81.6 cm³/mol. The van der Waals surface area contributed by atoms with Crippen LogP contribution >= 0.6 is 27.5 Å². The van der Waals surface area contributed by atoms with E-state index in [0.29, 0.717) is 5.02 Å². The fraction of sp³-hybridized carbons (Fsp3) is 0.571. The summed E-state index contributed by atoms with van der Waals surface area (Å²) in [7, 11) is 0. The van der Waals surface area contributed by atoms with E-state index < -0.39 is 0 Å². The van der Waals surface area contributed by atoms with Gasteiger partial charge in [-0.2, -0.15) is 0 Å². The van der Waals surface area contributed by atoms with Gasteiger partial charge in [0.25, 0.3) is 0 Å². The molecule has 0 aliphatic carbocycles. The zero-order valence-electron chi connectivity index (χ0n) is 11.2. The lowest BCUT2D eigenvalue weighted by molar-refractivity contribution is 0.300. The largest absolute Gasteiger partial charge is 0.492 e. The fourth-order valence-electron chi connectivity index (χ4n) is 1.46. The highest BCUT2D eigenvalue weighted by Crippen LogP contribution is 2.27. The van der Waals surface area contributed by atoms with Crippen molar-refractivity contribution in [2.45, 2.75) is 39.2 Å². The summed E-state index contributed by atoms with van der Waals surface area (Å²) in [4.78, 5) is 0. The molecule has 0 aromatic heterocycles. The Kier molecular flexibility index (Phi) is 6.47. The van der Waals surface area contributed by atoms with Gasteiger partial charge < -0.3 is 10.1 Å². The van der Waals surface area contributed by atoms with Gasteiger partial charge in [-0.25, -0.2) is 0 Å². The van der Waals surface area contributed by atoms with E-state index in [1.165, 1.54) is 0 Å². The van der Waals surface area contributed by atoms with Crippen LogP contribution in [0, 0.1) is 0 Å². The average molecular weight is 335 g/mol. The van der Waals surface area contributed by atoms with Gasteiger partial charge in [0.15, 0.2) is 0 Å². The second kappa shape index (κ2) is 7.37. The molecule has 0 atom stereocenters. The quantitative estimate of drug-likeness (QED) is 0.765. The van der Waals surface area contributed by atoms with Crippen LogP contribution in [0.3, 0.4) is 0 Å². The molecule has 0 aliphatic heterocycles. The van der Waals surface area contributed by atoms with Crippen LogP contribution < -0.4 is 10.1 Å². The first-order valence-electron chi connectivity index (χ1n) is 6.21. The molecule has 0 saturated carbocycles. The van der Waals surface area contributed by atoms with Gasteiger partial charge in [-0.3, -0.25) is 0 Å². The lowest BCUT2D eigenvalue weighted by atomic mass is 10.1. The molecule has 1 aromatic rings. The van der Waals surface area contributed by atoms with E-state index in [0.717, 1.165) is 36.2 Å². The summed E-state index contributed by atoms with van der Waals surface area (Å²) in [6.07, 6.45) is 2.15. The number of halogens is 2. The van der Waals surface area contributed by atoms with E-state index in [-0.39, 0.29) is 5.54 Å². The molecule has 1 rings (SSSR count). The molecular formula is C14H21BrClNO. The van der Waals surface area contributed by atoms with Gasteiger partial charge in [-0.15, -0.1) is 0 Å². The summed E-state index contributed by atoms with van der Waals surface area (Å²) in [6, 6.07) is 5.57. The fourth-order valence-corrected chi connectivity index (χ4v) is 2.26. The predicted octanol–water partition coefficient (Wildman–Crippen LogP) is 4.65. The number of hydrogen-bond acceptors (Lipinski definition) is 2. The van der Waals surface area contributed by atoms with Crippen molar-refractivity contribution in [3.05, 3.63) is 27.7 Å². The highest BCUT2D eigenvalue weighted by molar-refractivity contribution is 9.10. The van der Waals surface area contributed by atoms with Gasteiger partial charge in [0.05, 0.1) is 11.1 Å². The molecule has 0 fully saturated rings. The Morgan fingerprint density at radius 3 is 2.61 bits per heavy atom. The zero-order chi connectivity index (χ0) is 13.6. The molecule has 0 saturated heterocycles. The van der Waals surface area contributed by atoms with Crippen LogP contribution in [-0.4, -0.2) is 18.7 Å². The topological polar surface area (TPSA) is 21.3 Å². The van der Waals surface area contributed by atoms with Gasteiger partial charge in [0.2, 0.25) is 0 Å². The minimum absolute atomic E-state index is 0.195. The van der Waals surface area contributed by atoms with Crippen molar-refractivity contribution in [2.24, 2.45) is 0 Å². The highest BCUT2D eigenvalue weighted by atomic mass is 79.9. The Balaban J connectivity index is 2.18. The number of ether oxygens (including phenoxy) is 1. The van der Waals surface area contributed by atoms with Gasteiger partial charge in [0.1, 0.15) is 5.75 Å². The molecule has 102 valence electrons. The molecule has 1 aromatic carbocycles. The molecule has 4 heteroatoms. The van der Waals surface area contributed by atoms with Gasteiger partial charge in [0, 0.05) is 10.6 Å². The van der Waals surface area contributed by atoms with Crippen LogP contribution in [0.4, 0.5) is 0 Å². The summed E-state index contributed by atoms with van der Waals surface area (Å²) in [5, 5.41) is 4.17. The molecule has 0 amide bonds. The first-order chi connectivity index (χ1) is 8.38. The van der Waals surface area contributed by atoms with Crippen molar-refractivity contribution in [1.29, 1.82) is 0 Å². The van der Waals surface area contributed by atoms with Crippen molar-refractivity contribution >= 4 is 27.5 Å². The van der Waals surface area contributed by atoms with E-state index in [9.17, 15) is 0 Å². The Hall–Kier alpha value is -0.250. The third-order valence-corrected chi connectivity index (χ3v) is 3.23. The number of benzene rings is 1. The number of unbranched alkanes of at least 4 members (excludes halogenated alkanes) is 1. The molecule has 0 aliphatic rings. The molecule has 0 radical (unpaired) electrons. The molecule has 0 unspecified atom stereocenters. The molecular weight excluding hydrogens is 314 g/mol. The van der Waals surface area contributed by atoms with E-state index in [2.05, 4.69) is 42.0 Å². The maximum atomic E-state index is 5.87. The lowest BCUT2D eigenvalue weighted by Crippen LogP contribution is -2.36. The number of rotatable bonds is 6. The second-order valence-corrected chi connectivity index (χ2v) is 6.60. The Morgan fingerprint density at radius 2 is 2.00 bits per heavy atom. The summed E-state index contributed by atoms with van der Waals surface area (Å²) in [5.41, 5.74) is 0.195. The normalized spacial score (nSPS) is 11.6. The number of hydrogen-bond donors (Lipinski definition) is 1. The van der Waals surface area contributed by atoms with Crippen molar-refractivity contribution in [3.63, 3.8) is 0 Å². The van der Waals surface area contributed by atoms with Gasteiger partial charge in [-0.1, -0.05) is 11.6 Å². The van der Waals surface area contributed by atoms with Crippen molar-refractivity contribution in [2.75, 3.05) is 13.2 Å². The average Bonchev–Trinajstić information content (AvgIpc) is 2.24. The molecule has 0 heterocycles. The van der Waals surface area contributed by atoms with Crippen LogP contribution in [0.5, 0.6) is 5.75 Å². The van der Waals surface area contributed by atoms with Gasteiger partial charge >= 0.3 is 0 Å². The molecule has 0 spiro atoms. The third kappa shape index (κ3) is 6.62. The van der Waals surface area contributed by atoms with E-state index in [4.69, 9.17) is 16.3 Å². The van der Waals surface area contributed by atoms with Crippen molar-refractivity contribution in [1.82, 2.24) is 5.32 Å². The maximum absolute atomic E-state index is 5.87. The molecule has 1 N–H and O–H groups in total. The first kappa shape index (κ1) is 15.8. The first-order valence-corrected chi connectivity index (χ1v) is 7.38. The monoisotopic (exact) mass is 333 g/mol. The Labute approximate surface area is 123 Å². The van der Waals surface area contributed by atoms with Crippen LogP contribution in [0.25, 0.3) is 0 Å². The van der Waals surface area contributed by atoms with Crippen LogP contribution in [0.1, 0.15) is 33.6 Å². The van der Waals surface area contributed by atoms with E-state index in [1.807, 2.05) is 18.2 Å². The van der Waals surface area contributed by atoms with E-state index >= 15 is 0 Å². The summed E-state index contributed by atoms with van der Waals surface area (Å²) >= 11 is 9.30. The highest BCUT2D eigenvalue weighted by Gasteiger charge is 2.07. The Morgan fingerprint density at radius 1 is 1.28 bits per heavy atom. The van der Waals surface area contributed by atoms with Crippen molar-refractivity contribution in [3.8, 4) is 5.75 Å².